The molecule has 2 aromatic carbocycles. The molecular formula is C36H37O18+. The first-order valence-electron chi connectivity index (χ1n) is 16.4. The summed E-state index contributed by atoms with van der Waals surface area (Å²) in [4.78, 5) is 22.2. The first-order valence-corrected chi connectivity index (χ1v) is 16.4. The van der Waals surface area contributed by atoms with Crippen LogP contribution in [-0.4, -0.2) is 136 Å². The number of benzene rings is 3. The number of hydrogen-bond donors (Lipinski definition) is 10. The lowest BCUT2D eigenvalue weighted by molar-refractivity contribution is -0.322. The van der Waals surface area contributed by atoms with E-state index in [9.17, 15) is 60.7 Å². The Bertz CT molecular complexity index is 1990. The molecule has 18 nitrogen and oxygen atoms in total. The van der Waals surface area contributed by atoms with Gasteiger partial charge in [-0.3, -0.25) is 4.79 Å². The Hall–Kier alpha value is -5.28. The van der Waals surface area contributed by atoms with Crippen LogP contribution in [0.2, 0.25) is 0 Å². The van der Waals surface area contributed by atoms with Crippen LogP contribution in [0.25, 0.3) is 28.7 Å². The standard InChI is InChI=1S/C36H36O18/c37-17-5-1-15(2-6-17)3-8-27(42)49-13-25-28(43)30(45)32(47)35(53-25)50-14-26-29(44)31(46)33(48)36(54-26)52-24-12-19-21(40)10-18(38)11-23(19)51-34(24)16-4-7-20(39)22(41)9-16/h1-12,25-26,28-33,35-37,39-41,43-48H,13-14H2/p+1/t25-,26-,28-,29+,30+,31+,32-,33-,35-,36-/m1/s1. The molecule has 6 rings (SSSR count). The number of ether oxygens (including phenoxy) is 5. The van der Waals surface area contributed by atoms with Gasteiger partial charge < -0.3 is 84.0 Å². The maximum Gasteiger partial charge on any atom is 0.510 e. The Kier molecular flexibility index (Phi) is 11.4. The van der Waals surface area contributed by atoms with Crippen LogP contribution < -0.4 is 10.2 Å². The summed E-state index contributed by atoms with van der Waals surface area (Å²) in [7, 11) is 0. The molecule has 0 aromatic heterocycles. The zero-order valence-electron chi connectivity index (χ0n) is 27.9. The van der Waals surface area contributed by atoms with Crippen LogP contribution in [-0.2, 0) is 18.9 Å². The molecular weight excluding hydrogens is 720 g/mol. The number of phenolic OH excluding ortho intramolecular Hbond substituents is 4. The second-order valence-corrected chi connectivity index (χ2v) is 12.6. The lowest BCUT2D eigenvalue weighted by atomic mass is 9.98. The molecule has 0 radical (unpaired) electrons. The monoisotopic (exact) mass is 757 g/mol. The van der Waals surface area contributed by atoms with Crippen molar-refractivity contribution in [2.75, 3.05) is 13.2 Å². The molecule has 2 saturated heterocycles. The number of aliphatic hydroxyl groups is 6. The first-order chi connectivity index (χ1) is 25.7. The summed E-state index contributed by atoms with van der Waals surface area (Å²) in [5, 5.41) is 104. The van der Waals surface area contributed by atoms with Gasteiger partial charge in [0.15, 0.2) is 34.7 Å². The lowest BCUT2D eigenvalue weighted by Crippen LogP contribution is -2.62. The Balaban J connectivity index is 1.16. The number of aromatic hydroxyl groups is 4. The summed E-state index contributed by atoms with van der Waals surface area (Å²) in [6, 6.07) is 12.8. The number of fused-ring (bicyclic) bond motifs is 1. The van der Waals surface area contributed by atoms with Gasteiger partial charge in [0.2, 0.25) is 12.9 Å². The maximum absolute atomic E-state index is 12.1. The maximum atomic E-state index is 12.1. The molecule has 10 atom stereocenters. The average molecular weight is 758 g/mol. The molecule has 0 saturated carbocycles. The van der Waals surface area contributed by atoms with Gasteiger partial charge in [-0.15, -0.1) is 0 Å². The van der Waals surface area contributed by atoms with Crippen molar-refractivity contribution in [3.63, 3.8) is 0 Å². The second-order valence-electron chi connectivity index (χ2n) is 12.6. The highest BCUT2D eigenvalue weighted by Gasteiger charge is 2.49. The van der Waals surface area contributed by atoms with Crippen molar-refractivity contribution in [1.82, 2.24) is 0 Å². The van der Waals surface area contributed by atoms with Crippen LogP contribution in [0, 0.1) is 0 Å². The molecule has 288 valence electrons. The summed E-state index contributed by atoms with van der Waals surface area (Å²) in [6.07, 6.45) is -14.6. The summed E-state index contributed by atoms with van der Waals surface area (Å²) in [6.45, 7) is -1.19. The van der Waals surface area contributed by atoms with E-state index in [4.69, 9.17) is 28.1 Å². The zero-order chi connectivity index (χ0) is 38.8. The molecule has 54 heavy (non-hydrogen) atoms. The van der Waals surface area contributed by atoms with Crippen LogP contribution in [0.15, 0.2) is 76.0 Å². The SMILES string of the molecule is O=c1cc2oc(-c3ccc(O)c(O)c3)c(O[C@@H]3O[C@H](CO[C@@H]4O[C@H](COC(=[OH+])C=Cc5ccc(O)cc5)[C@@H](O)[C@H](O)[C@H]4O)[C@H](O)[C@H](O)[C@H]3O)cc-2c(O)c1. The Labute approximate surface area is 304 Å². The normalized spacial score (nSPS) is 28.6. The van der Waals surface area contributed by atoms with Gasteiger partial charge in [-0.2, -0.15) is 0 Å². The molecule has 2 fully saturated rings. The molecule has 3 aliphatic heterocycles. The second kappa shape index (κ2) is 16.0. The third-order valence-electron chi connectivity index (χ3n) is 8.75. The van der Waals surface area contributed by atoms with Crippen LogP contribution in [0.3, 0.4) is 0 Å². The third-order valence-corrected chi connectivity index (χ3v) is 8.75. The van der Waals surface area contributed by atoms with Gasteiger partial charge in [0.1, 0.15) is 66.1 Å². The van der Waals surface area contributed by atoms with E-state index < -0.39 is 103 Å². The van der Waals surface area contributed by atoms with Crippen LogP contribution in [0.1, 0.15) is 5.56 Å². The molecule has 0 unspecified atom stereocenters. The topological polar surface area (TPSA) is 300 Å². The highest BCUT2D eigenvalue weighted by atomic mass is 16.7. The molecule has 11 N–H and O–H groups in total. The van der Waals surface area contributed by atoms with Crippen molar-refractivity contribution in [2.45, 2.75) is 61.4 Å². The van der Waals surface area contributed by atoms with E-state index in [1.165, 1.54) is 36.4 Å². The van der Waals surface area contributed by atoms with Gasteiger partial charge in [-0.05, 0) is 48.0 Å². The lowest BCUT2D eigenvalue weighted by Gasteiger charge is -2.42. The minimum absolute atomic E-state index is 0.0101. The number of hydrogen-bond acceptors (Lipinski definition) is 17. The number of esters is 1. The van der Waals surface area contributed by atoms with Gasteiger partial charge in [0.05, 0.1) is 18.2 Å². The number of aliphatic hydroxyl groups excluding tert-OH is 6. The van der Waals surface area contributed by atoms with Crippen LogP contribution in [0.4, 0.5) is 0 Å². The largest absolute Gasteiger partial charge is 0.510 e. The van der Waals surface area contributed by atoms with Crippen molar-refractivity contribution in [3.05, 3.63) is 82.5 Å². The van der Waals surface area contributed by atoms with Crippen molar-refractivity contribution >= 4 is 12.0 Å². The molecule has 3 heterocycles. The summed E-state index contributed by atoms with van der Waals surface area (Å²) in [5.41, 5.74) is 0.117. The quantitative estimate of drug-likeness (QED) is 0.0421. The third kappa shape index (κ3) is 8.26. The Morgan fingerprint density at radius 1 is 0.704 bits per heavy atom. The van der Waals surface area contributed by atoms with E-state index >= 15 is 0 Å². The van der Waals surface area contributed by atoms with E-state index in [0.717, 1.165) is 24.3 Å². The van der Waals surface area contributed by atoms with Crippen molar-refractivity contribution in [3.8, 4) is 51.4 Å². The van der Waals surface area contributed by atoms with Crippen molar-refractivity contribution in [2.24, 2.45) is 0 Å². The van der Waals surface area contributed by atoms with Gasteiger partial charge in [0.25, 0.3) is 0 Å². The average Bonchev–Trinajstić information content (AvgIpc) is 3.14. The smallest absolute Gasteiger partial charge is 0.508 e. The van der Waals surface area contributed by atoms with Gasteiger partial charge >= 0.3 is 5.97 Å². The van der Waals surface area contributed by atoms with Gasteiger partial charge in [-0.1, -0.05) is 12.1 Å². The van der Waals surface area contributed by atoms with E-state index in [-0.39, 0.29) is 34.1 Å². The molecule has 1 aliphatic carbocycles. The van der Waals surface area contributed by atoms with Crippen LogP contribution >= 0.6 is 0 Å². The first kappa shape index (κ1) is 38.4. The van der Waals surface area contributed by atoms with Crippen molar-refractivity contribution < 1.29 is 84.0 Å². The van der Waals surface area contributed by atoms with Gasteiger partial charge in [-0.25, -0.2) is 0 Å². The molecule has 2 aromatic rings. The number of carbonyl (C=O) groups excluding carboxylic acids is 1. The fourth-order valence-corrected chi connectivity index (χ4v) is 5.75. The minimum Gasteiger partial charge on any atom is -0.508 e. The predicted molar refractivity (Wildman–Crippen MR) is 182 cm³/mol. The molecule has 4 aliphatic rings. The van der Waals surface area contributed by atoms with E-state index in [1.807, 2.05) is 0 Å². The highest BCUT2D eigenvalue weighted by molar-refractivity contribution is 5.88. The molecule has 0 spiro atoms. The predicted octanol–water partition coefficient (Wildman–Crippen LogP) is -0.523. The summed E-state index contributed by atoms with van der Waals surface area (Å²) < 4.78 is 33.9. The fraction of sp³-hybridized carbons (Fsp3) is 0.333. The number of rotatable bonds is 10. The molecule has 0 amide bonds. The fourth-order valence-electron chi connectivity index (χ4n) is 5.75. The van der Waals surface area contributed by atoms with E-state index in [0.29, 0.717) is 5.56 Å². The van der Waals surface area contributed by atoms with Gasteiger partial charge in [0, 0.05) is 17.7 Å². The highest BCUT2D eigenvalue weighted by Crippen LogP contribution is 2.43. The summed E-state index contributed by atoms with van der Waals surface area (Å²) >= 11 is 0. The Morgan fingerprint density at radius 3 is 2.04 bits per heavy atom. The Morgan fingerprint density at radius 2 is 1.35 bits per heavy atom. The van der Waals surface area contributed by atoms with Crippen molar-refractivity contribution in [1.29, 1.82) is 0 Å². The van der Waals surface area contributed by atoms with E-state index in [1.54, 1.807) is 12.1 Å². The number of phenols is 4. The van der Waals surface area contributed by atoms with Crippen LogP contribution in [0.5, 0.6) is 28.7 Å². The molecule has 18 heteroatoms. The minimum atomic E-state index is -1.91. The zero-order valence-corrected chi connectivity index (χ0v) is 27.9. The molecule has 0 bridgehead atoms. The van der Waals surface area contributed by atoms with E-state index in [2.05, 4.69) is 0 Å². The summed E-state index contributed by atoms with van der Waals surface area (Å²) in [5.74, 6) is -2.56.